The minimum absolute atomic E-state index is 0.710. The number of hydrogen-bond donors (Lipinski definition) is 2. The number of anilines is 2. The van der Waals surface area contributed by atoms with E-state index in [0.29, 0.717) is 5.69 Å². The first-order valence-corrected chi connectivity index (χ1v) is 3.64. The van der Waals surface area contributed by atoms with Gasteiger partial charge < -0.3 is 15.6 Å². The second-order valence-corrected chi connectivity index (χ2v) is 2.54. The van der Waals surface area contributed by atoms with Crippen LogP contribution in [0.25, 0.3) is 11.0 Å². The molecule has 1 heterocycles. The molecule has 0 unspecified atom stereocenters. The van der Waals surface area contributed by atoms with Crippen molar-refractivity contribution in [1.29, 1.82) is 0 Å². The Bertz CT molecular complexity index is 408. The van der Waals surface area contributed by atoms with Gasteiger partial charge in [-0.25, -0.2) is 0 Å². The number of fused-ring (bicyclic) bond motifs is 1. The molecule has 0 saturated carbocycles. The van der Waals surface area contributed by atoms with Crippen LogP contribution in [0.15, 0.2) is 22.7 Å². The van der Waals surface area contributed by atoms with Gasteiger partial charge in [-0.05, 0) is 18.2 Å². The average molecular weight is 163 g/mol. The number of aromatic nitrogens is 1. The number of benzene rings is 1. The Morgan fingerprint density at radius 1 is 1.50 bits per heavy atom. The van der Waals surface area contributed by atoms with E-state index in [0.717, 1.165) is 16.8 Å². The van der Waals surface area contributed by atoms with Gasteiger partial charge in [0.15, 0.2) is 11.4 Å². The zero-order valence-electron chi connectivity index (χ0n) is 6.66. The highest BCUT2D eigenvalue weighted by Crippen LogP contribution is 2.23. The lowest BCUT2D eigenvalue weighted by atomic mass is 10.2. The molecule has 1 aromatic carbocycles. The first-order chi connectivity index (χ1) is 5.81. The lowest BCUT2D eigenvalue weighted by Crippen LogP contribution is -1.88. The summed E-state index contributed by atoms with van der Waals surface area (Å²) in [6.45, 7) is 0. The van der Waals surface area contributed by atoms with Crippen LogP contribution in [-0.2, 0) is 0 Å². The van der Waals surface area contributed by atoms with Crippen LogP contribution in [0.2, 0.25) is 0 Å². The van der Waals surface area contributed by atoms with Crippen molar-refractivity contribution in [2.24, 2.45) is 0 Å². The summed E-state index contributed by atoms with van der Waals surface area (Å²) in [5.41, 5.74) is 7.06. The molecule has 2 rings (SSSR count). The van der Waals surface area contributed by atoms with Gasteiger partial charge in [-0.15, -0.1) is 0 Å². The Labute approximate surface area is 69.3 Å². The summed E-state index contributed by atoms with van der Waals surface area (Å²) in [5, 5.41) is 7.64. The van der Waals surface area contributed by atoms with E-state index in [4.69, 9.17) is 10.3 Å². The van der Waals surface area contributed by atoms with Gasteiger partial charge in [-0.3, -0.25) is 0 Å². The summed E-state index contributed by atoms with van der Waals surface area (Å²) >= 11 is 0. The molecule has 0 aliphatic rings. The van der Waals surface area contributed by atoms with E-state index < -0.39 is 0 Å². The second kappa shape index (κ2) is 2.41. The van der Waals surface area contributed by atoms with Crippen LogP contribution >= 0.6 is 0 Å². The molecule has 0 aliphatic carbocycles. The van der Waals surface area contributed by atoms with Crippen LogP contribution in [0, 0.1) is 0 Å². The number of rotatable bonds is 1. The Balaban J connectivity index is 2.75. The van der Waals surface area contributed by atoms with E-state index in [2.05, 4.69) is 10.5 Å². The van der Waals surface area contributed by atoms with Crippen LogP contribution in [0.4, 0.5) is 11.5 Å². The third-order valence-electron chi connectivity index (χ3n) is 1.73. The van der Waals surface area contributed by atoms with Crippen molar-refractivity contribution in [3.05, 3.63) is 18.2 Å². The molecule has 0 atom stereocenters. The Kier molecular flexibility index (Phi) is 1.40. The molecule has 1 aromatic heterocycles. The minimum atomic E-state index is 0.710. The Morgan fingerprint density at radius 3 is 3.08 bits per heavy atom. The lowest BCUT2D eigenvalue weighted by molar-refractivity contribution is 0.460. The third-order valence-corrected chi connectivity index (χ3v) is 1.73. The molecule has 2 aromatic rings. The highest BCUT2D eigenvalue weighted by molar-refractivity contribution is 5.90. The van der Waals surface area contributed by atoms with Gasteiger partial charge in [0.2, 0.25) is 0 Å². The maximum Gasteiger partial charge on any atom is 0.177 e. The van der Waals surface area contributed by atoms with Gasteiger partial charge >= 0.3 is 0 Å². The molecule has 0 aliphatic heterocycles. The van der Waals surface area contributed by atoms with Crippen LogP contribution < -0.4 is 11.1 Å². The zero-order chi connectivity index (χ0) is 8.55. The molecule has 0 amide bonds. The lowest BCUT2D eigenvalue weighted by Gasteiger charge is -1.93. The molecule has 0 fully saturated rings. The molecular weight excluding hydrogens is 154 g/mol. The maximum absolute atomic E-state index is 5.61. The minimum Gasteiger partial charge on any atom is -0.399 e. The molecule has 0 bridgehead atoms. The number of nitrogens with two attached hydrogens (primary N) is 1. The van der Waals surface area contributed by atoms with Gasteiger partial charge in [0.25, 0.3) is 0 Å². The van der Waals surface area contributed by atoms with Crippen molar-refractivity contribution in [1.82, 2.24) is 5.16 Å². The highest BCUT2D eigenvalue weighted by Gasteiger charge is 2.05. The molecule has 0 saturated heterocycles. The van der Waals surface area contributed by atoms with E-state index in [1.165, 1.54) is 0 Å². The monoisotopic (exact) mass is 163 g/mol. The summed E-state index contributed by atoms with van der Waals surface area (Å²) in [6, 6.07) is 5.42. The van der Waals surface area contributed by atoms with E-state index in [-0.39, 0.29) is 0 Å². The van der Waals surface area contributed by atoms with Gasteiger partial charge in [0.05, 0.1) is 5.39 Å². The zero-order valence-corrected chi connectivity index (χ0v) is 6.66. The average Bonchev–Trinajstić information content (AvgIpc) is 2.46. The number of nitrogens with one attached hydrogen (secondary N) is 1. The first kappa shape index (κ1) is 6.97. The van der Waals surface area contributed by atoms with Crippen molar-refractivity contribution >= 4 is 22.5 Å². The quantitative estimate of drug-likeness (QED) is 0.624. The normalized spacial score (nSPS) is 10.4. The van der Waals surface area contributed by atoms with E-state index >= 15 is 0 Å². The van der Waals surface area contributed by atoms with Crippen LogP contribution in [-0.4, -0.2) is 12.2 Å². The van der Waals surface area contributed by atoms with Crippen molar-refractivity contribution < 1.29 is 4.52 Å². The molecule has 12 heavy (non-hydrogen) atoms. The van der Waals surface area contributed by atoms with Gasteiger partial charge in [0.1, 0.15) is 0 Å². The van der Waals surface area contributed by atoms with E-state index in [9.17, 15) is 0 Å². The molecule has 4 heteroatoms. The number of nitrogen functional groups attached to an aromatic ring is 1. The number of hydrogen-bond acceptors (Lipinski definition) is 4. The molecule has 62 valence electrons. The number of nitrogens with zero attached hydrogens (tertiary/aromatic N) is 1. The third kappa shape index (κ3) is 0.887. The smallest absolute Gasteiger partial charge is 0.177 e. The fourth-order valence-electron chi connectivity index (χ4n) is 1.14. The fourth-order valence-corrected chi connectivity index (χ4v) is 1.14. The summed E-state index contributed by atoms with van der Waals surface area (Å²) in [5.74, 6) is 0.720. The van der Waals surface area contributed by atoms with Gasteiger partial charge in [-0.1, -0.05) is 5.16 Å². The van der Waals surface area contributed by atoms with Crippen LogP contribution in [0.1, 0.15) is 0 Å². The summed E-state index contributed by atoms with van der Waals surface area (Å²) in [4.78, 5) is 0. The highest BCUT2D eigenvalue weighted by atomic mass is 16.5. The molecule has 4 nitrogen and oxygen atoms in total. The summed E-state index contributed by atoms with van der Waals surface area (Å²) < 4.78 is 5.03. The Morgan fingerprint density at radius 2 is 2.33 bits per heavy atom. The van der Waals surface area contributed by atoms with E-state index in [1.807, 2.05) is 6.07 Å². The van der Waals surface area contributed by atoms with E-state index in [1.54, 1.807) is 19.2 Å². The Hall–Kier alpha value is -1.71. The molecular formula is C8H9N3O. The van der Waals surface area contributed by atoms with Crippen LogP contribution in [0.5, 0.6) is 0 Å². The van der Waals surface area contributed by atoms with Crippen molar-refractivity contribution in [3.63, 3.8) is 0 Å². The van der Waals surface area contributed by atoms with Crippen LogP contribution in [0.3, 0.4) is 0 Å². The fraction of sp³-hybridized carbons (Fsp3) is 0.125. The SMILES string of the molecule is CNc1noc2ccc(N)cc12. The predicted molar refractivity (Wildman–Crippen MR) is 48.0 cm³/mol. The predicted octanol–water partition coefficient (Wildman–Crippen LogP) is 1.45. The maximum atomic E-state index is 5.61. The van der Waals surface area contributed by atoms with Crippen molar-refractivity contribution in [3.8, 4) is 0 Å². The topological polar surface area (TPSA) is 64.1 Å². The van der Waals surface area contributed by atoms with Gasteiger partial charge in [0, 0.05) is 12.7 Å². The largest absolute Gasteiger partial charge is 0.399 e. The molecule has 3 N–H and O–H groups in total. The first-order valence-electron chi connectivity index (χ1n) is 3.64. The standard InChI is InChI=1S/C8H9N3O/c1-10-8-6-4-5(9)2-3-7(6)12-11-8/h2-4H,9H2,1H3,(H,10,11). The van der Waals surface area contributed by atoms with Crippen molar-refractivity contribution in [2.75, 3.05) is 18.1 Å². The molecule has 0 radical (unpaired) electrons. The van der Waals surface area contributed by atoms with Gasteiger partial charge in [-0.2, -0.15) is 0 Å². The summed E-state index contributed by atoms with van der Waals surface area (Å²) in [7, 11) is 1.79. The van der Waals surface area contributed by atoms with Crippen molar-refractivity contribution in [2.45, 2.75) is 0 Å². The summed E-state index contributed by atoms with van der Waals surface area (Å²) in [6.07, 6.45) is 0. The second-order valence-electron chi connectivity index (χ2n) is 2.54. The molecule has 0 spiro atoms.